The molecule has 0 aliphatic carbocycles. The Morgan fingerprint density at radius 1 is 1.03 bits per heavy atom. The first kappa shape index (κ1) is 26.9. The van der Waals surface area contributed by atoms with E-state index in [0.29, 0.717) is 13.2 Å². The molecule has 3 rings (SSSR count). The lowest BCUT2D eigenvalue weighted by Crippen LogP contribution is -2.40. The lowest BCUT2D eigenvalue weighted by Gasteiger charge is -2.26. The molecule has 0 saturated carbocycles. The number of nitrogens with one attached hydrogen (secondary N) is 1. The van der Waals surface area contributed by atoms with Crippen molar-refractivity contribution < 1.29 is 36.2 Å². The molecule has 13 heteroatoms. The minimum Gasteiger partial charge on any atom is -0.506 e. The van der Waals surface area contributed by atoms with E-state index in [9.17, 15) is 26.7 Å². The molecule has 35 heavy (non-hydrogen) atoms. The number of aromatic hydroxyl groups is 1. The maximum atomic E-state index is 12.7. The van der Waals surface area contributed by atoms with Crippen molar-refractivity contribution in [3.05, 3.63) is 42.5 Å². The first-order chi connectivity index (χ1) is 16.6. The molecule has 2 aromatic carbocycles. The summed E-state index contributed by atoms with van der Waals surface area (Å²) in [6.07, 6.45) is 0. The number of sulfonamides is 2. The van der Waals surface area contributed by atoms with Gasteiger partial charge in [-0.3, -0.25) is 4.79 Å². The van der Waals surface area contributed by atoms with E-state index in [4.69, 9.17) is 9.47 Å². The van der Waals surface area contributed by atoms with Crippen LogP contribution in [0.15, 0.2) is 52.3 Å². The van der Waals surface area contributed by atoms with Gasteiger partial charge in [-0.1, -0.05) is 13.8 Å². The molecule has 0 bridgehead atoms. The van der Waals surface area contributed by atoms with E-state index in [1.165, 1.54) is 51.1 Å². The SMILES string of the molecule is CCN(CC)S(=O)(=O)c1ccc(O)c(NC(=O)COc2ccc(S(=O)(=O)N3CCOCC3)cc2)c1. The number of nitrogens with zero attached hydrogens (tertiary/aromatic N) is 2. The van der Waals surface area contributed by atoms with Crippen LogP contribution in [-0.2, 0) is 29.6 Å². The van der Waals surface area contributed by atoms with E-state index in [-0.39, 0.29) is 53.2 Å². The van der Waals surface area contributed by atoms with E-state index in [2.05, 4.69) is 5.32 Å². The van der Waals surface area contributed by atoms with Crippen LogP contribution in [0.25, 0.3) is 0 Å². The number of ether oxygens (including phenoxy) is 2. The van der Waals surface area contributed by atoms with Crippen molar-refractivity contribution in [3.63, 3.8) is 0 Å². The van der Waals surface area contributed by atoms with Gasteiger partial charge < -0.3 is 19.9 Å². The van der Waals surface area contributed by atoms with Gasteiger partial charge in [-0.25, -0.2) is 16.8 Å². The molecule has 1 saturated heterocycles. The zero-order valence-corrected chi connectivity index (χ0v) is 21.1. The lowest BCUT2D eigenvalue weighted by atomic mass is 10.3. The Hall–Kier alpha value is -2.71. The predicted octanol–water partition coefficient (Wildman–Crippen LogP) is 1.46. The third-order valence-corrected chi connectivity index (χ3v) is 9.35. The number of carbonyl (C=O) groups is 1. The Morgan fingerprint density at radius 2 is 1.63 bits per heavy atom. The minimum atomic E-state index is -3.78. The van der Waals surface area contributed by atoms with E-state index in [1.54, 1.807) is 13.8 Å². The number of amides is 1. The largest absolute Gasteiger partial charge is 0.506 e. The van der Waals surface area contributed by atoms with Gasteiger partial charge >= 0.3 is 0 Å². The Morgan fingerprint density at radius 3 is 2.23 bits per heavy atom. The summed E-state index contributed by atoms with van der Waals surface area (Å²) < 4.78 is 64.0. The summed E-state index contributed by atoms with van der Waals surface area (Å²) >= 11 is 0. The second-order valence-corrected chi connectivity index (χ2v) is 11.5. The molecule has 0 radical (unpaired) electrons. The first-order valence-corrected chi connectivity index (χ1v) is 13.9. The molecule has 1 amide bonds. The van der Waals surface area contributed by atoms with Crippen LogP contribution in [0.5, 0.6) is 11.5 Å². The van der Waals surface area contributed by atoms with Gasteiger partial charge in [0.05, 0.1) is 28.7 Å². The molecule has 1 aliphatic rings. The number of phenolic OH excluding ortho intramolecular Hbond substituents is 1. The van der Waals surface area contributed by atoms with Crippen molar-refractivity contribution in [1.82, 2.24) is 8.61 Å². The number of phenols is 1. The number of hydrogen-bond donors (Lipinski definition) is 2. The summed E-state index contributed by atoms with van der Waals surface area (Å²) in [6, 6.07) is 9.32. The predicted molar refractivity (Wildman–Crippen MR) is 128 cm³/mol. The van der Waals surface area contributed by atoms with Gasteiger partial charge in [-0.05, 0) is 42.5 Å². The lowest BCUT2D eigenvalue weighted by molar-refractivity contribution is -0.118. The van der Waals surface area contributed by atoms with Crippen molar-refractivity contribution in [3.8, 4) is 11.5 Å². The molecule has 0 unspecified atom stereocenters. The zero-order chi connectivity index (χ0) is 25.6. The average Bonchev–Trinajstić information content (AvgIpc) is 2.85. The highest BCUT2D eigenvalue weighted by Crippen LogP contribution is 2.28. The van der Waals surface area contributed by atoms with Crippen LogP contribution in [-0.4, -0.2) is 82.5 Å². The summed E-state index contributed by atoms with van der Waals surface area (Å²) in [6.45, 7) is 4.80. The average molecular weight is 528 g/mol. The molecule has 1 fully saturated rings. The highest BCUT2D eigenvalue weighted by molar-refractivity contribution is 7.89. The normalized spacial score (nSPS) is 15.2. The van der Waals surface area contributed by atoms with Crippen LogP contribution in [0.4, 0.5) is 5.69 Å². The summed E-state index contributed by atoms with van der Waals surface area (Å²) in [7, 11) is -7.42. The van der Waals surface area contributed by atoms with Gasteiger partial charge in [0.15, 0.2) is 6.61 Å². The van der Waals surface area contributed by atoms with Crippen LogP contribution in [0.2, 0.25) is 0 Å². The van der Waals surface area contributed by atoms with E-state index in [0.717, 1.165) is 0 Å². The topological polar surface area (TPSA) is 143 Å². The van der Waals surface area contributed by atoms with Gasteiger partial charge in [0.1, 0.15) is 11.5 Å². The number of anilines is 1. The Balaban J connectivity index is 1.63. The standard InChI is InChI=1S/C22H29N3O8S2/c1-3-24(4-2)35(30,31)19-9-10-21(26)20(15-19)23-22(27)16-33-17-5-7-18(8-6-17)34(28,29)25-11-13-32-14-12-25/h5-10,15,26H,3-4,11-14,16H2,1-2H3,(H,23,27). The minimum absolute atomic E-state index is 0.0627. The van der Waals surface area contributed by atoms with Crippen molar-refractivity contribution in [1.29, 1.82) is 0 Å². The van der Waals surface area contributed by atoms with Gasteiger partial charge in [-0.15, -0.1) is 0 Å². The van der Waals surface area contributed by atoms with Crippen LogP contribution in [0, 0.1) is 0 Å². The molecule has 2 N–H and O–H groups in total. The summed E-state index contributed by atoms with van der Waals surface area (Å²) in [4.78, 5) is 12.4. The van der Waals surface area contributed by atoms with Crippen molar-refractivity contribution in [2.45, 2.75) is 23.6 Å². The quantitative estimate of drug-likeness (QED) is 0.442. The summed E-state index contributed by atoms with van der Waals surface area (Å²) in [5.41, 5.74) is -0.0706. The highest BCUT2D eigenvalue weighted by atomic mass is 32.2. The highest BCUT2D eigenvalue weighted by Gasteiger charge is 2.26. The molecule has 0 aromatic heterocycles. The molecular formula is C22H29N3O8S2. The molecule has 11 nitrogen and oxygen atoms in total. The van der Waals surface area contributed by atoms with E-state index >= 15 is 0 Å². The summed E-state index contributed by atoms with van der Waals surface area (Å²) in [5, 5.41) is 12.5. The van der Waals surface area contributed by atoms with Crippen molar-refractivity contribution in [2.24, 2.45) is 0 Å². The second-order valence-electron chi connectivity index (χ2n) is 7.59. The summed E-state index contributed by atoms with van der Waals surface area (Å²) in [5.74, 6) is -0.666. The van der Waals surface area contributed by atoms with Crippen molar-refractivity contribution in [2.75, 3.05) is 51.3 Å². The number of rotatable bonds is 10. The van der Waals surface area contributed by atoms with Crippen LogP contribution < -0.4 is 10.1 Å². The molecule has 0 spiro atoms. The molecule has 192 valence electrons. The number of hydrogen-bond acceptors (Lipinski definition) is 8. The third-order valence-electron chi connectivity index (χ3n) is 5.39. The molecule has 2 aromatic rings. The smallest absolute Gasteiger partial charge is 0.262 e. The molecule has 1 heterocycles. The van der Waals surface area contributed by atoms with Crippen LogP contribution in [0.1, 0.15) is 13.8 Å². The maximum Gasteiger partial charge on any atom is 0.262 e. The fraction of sp³-hybridized carbons (Fsp3) is 0.409. The fourth-order valence-corrected chi connectivity index (χ4v) is 6.36. The first-order valence-electron chi connectivity index (χ1n) is 11.0. The second kappa shape index (κ2) is 11.4. The van der Waals surface area contributed by atoms with Gasteiger partial charge in [-0.2, -0.15) is 8.61 Å². The number of benzene rings is 2. The fourth-order valence-electron chi connectivity index (χ4n) is 3.47. The van der Waals surface area contributed by atoms with E-state index in [1.807, 2.05) is 0 Å². The number of carbonyl (C=O) groups excluding carboxylic acids is 1. The monoisotopic (exact) mass is 527 g/mol. The van der Waals surface area contributed by atoms with Gasteiger partial charge in [0.2, 0.25) is 20.0 Å². The van der Waals surface area contributed by atoms with E-state index < -0.39 is 32.6 Å². The Kier molecular flexibility index (Phi) is 8.72. The molecule has 1 aliphatic heterocycles. The maximum absolute atomic E-state index is 12.7. The third kappa shape index (κ3) is 6.30. The van der Waals surface area contributed by atoms with Gasteiger partial charge in [0.25, 0.3) is 5.91 Å². The Labute approximate surface area is 205 Å². The van der Waals surface area contributed by atoms with Gasteiger partial charge in [0, 0.05) is 26.2 Å². The van der Waals surface area contributed by atoms with Crippen LogP contribution in [0.3, 0.4) is 0 Å². The number of morpholine rings is 1. The molecular weight excluding hydrogens is 498 g/mol. The van der Waals surface area contributed by atoms with Crippen molar-refractivity contribution >= 4 is 31.6 Å². The molecule has 0 atom stereocenters. The Bertz CT molecular complexity index is 1240. The zero-order valence-electron chi connectivity index (χ0n) is 19.5. The van der Waals surface area contributed by atoms with Crippen LogP contribution >= 0.6 is 0 Å².